The van der Waals surface area contributed by atoms with Crippen molar-refractivity contribution in [1.29, 1.82) is 0 Å². The number of benzene rings is 1. The van der Waals surface area contributed by atoms with E-state index < -0.39 is 6.10 Å². The van der Waals surface area contributed by atoms with E-state index >= 15 is 0 Å². The molecule has 2 aliphatic heterocycles. The van der Waals surface area contributed by atoms with Gasteiger partial charge in [-0.2, -0.15) is 4.68 Å². The van der Waals surface area contributed by atoms with E-state index in [-0.39, 0.29) is 24.5 Å². The van der Waals surface area contributed by atoms with Crippen molar-refractivity contribution < 1.29 is 19.4 Å². The van der Waals surface area contributed by atoms with Crippen molar-refractivity contribution in [3.05, 3.63) is 64.7 Å². The molecule has 2 aromatic heterocycles. The summed E-state index contributed by atoms with van der Waals surface area (Å²) in [7, 11) is 0. The second-order valence-electron chi connectivity index (χ2n) is 9.10. The zero-order valence-electron chi connectivity index (χ0n) is 18.5. The van der Waals surface area contributed by atoms with Crippen LogP contribution in [0.15, 0.2) is 36.8 Å². The summed E-state index contributed by atoms with van der Waals surface area (Å²) in [6, 6.07) is 7.10. The van der Waals surface area contributed by atoms with E-state index in [2.05, 4.69) is 30.7 Å². The summed E-state index contributed by atoms with van der Waals surface area (Å²) < 4.78 is 6.58. The van der Waals surface area contributed by atoms with Crippen LogP contribution in [-0.4, -0.2) is 72.8 Å². The molecule has 0 bridgehead atoms. The van der Waals surface area contributed by atoms with Crippen molar-refractivity contribution in [3.8, 4) is 5.69 Å². The number of carbonyl (C=O) groups excluding carboxylic acids is 2. The lowest BCUT2D eigenvalue weighted by Gasteiger charge is -2.24. The van der Waals surface area contributed by atoms with Crippen LogP contribution in [0, 0.1) is 18.8 Å². The number of pyridine rings is 1. The average Bonchev–Trinajstić information content (AvgIpc) is 3.34. The number of fused-ring (bicyclic) bond motifs is 2. The molecule has 1 aliphatic carbocycles. The second kappa shape index (κ2) is 7.96. The molecule has 3 aromatic rings. The number of hydrogen-bond donors (Lipinski definition) is 2. The molecule has 2 fully saturated rings. The maximum atomic E-state index is 12.6. The lowest BCUT2D eigenvalue weighted by molar-refractivity contribution is 0.0534. The number of aromatic nitrogens is 5. The molecule has 3 atom stereocenters. The Kier molecular flexibility index (Phi) is 4.89. The molecule has 0 radical (unpaired) electrons. The molecule has 0 spiro atoms. The highest BCUT2D eigenvalue weighted by atomic mass is 16.5. The number of hydrogen-bond acceptors (Lipinski definition) is 9. The van der Waals surface area contributed by atoms with Crippen LogP contribution in [0.5, 0.6) is 0 Å². The first-order valence-electron chi connectivity index (χ1n) is 11.2. The molecule has 2 unspecified atom stereocenters. The second-order valence-corrected chi connectivity index (χ2v) is 9.10. The van der Waals surface area contributed by atoms with E-state index in [1.165, 1.54) is 11.0 Å². The third kappa shape index (κ3) is 3.53. The summed E-state index contributed by atoms with van der Waals surface area (Å²) in [5.41, 5.74) is 4.24. The number of aliphatic hydroxyl groups is 1. The normalized spacial score (nSPS) is 23.8. The van der Waals surface area contributed by atoms with Crippen LogP contribution >= 0.6 is 0 Å². The van der Waals surface area contributed by atoms with Gasteiger partial charge in [0.15, 0.2) is 0 Å². The zero-order valence-corrected chi connectivity index (χ0v) is 18.5. The molecule has 1 amide bonds. The van der Waals surface area contributed by atoms with Crippen LogP contribution in [0.2, 0.25) is 0 Å². The molecule has 11 nitrogen and oxygen atoms in total. The van der Waals surface area contributed by atoms with Crippen LogP contribution in [0.4, 0.5) is 0 Å². The van der Waals surface area contributed by atoms with Crippen LogP contribution in [-0.2, 0) is 11.3 Å². The fraction of sp³-hybridized carbons (Fsp3) is 0.391. The van der Waals surface area contributed by atoms with Gasteiger partial charge < -0.3 is 15.2 Å². The Bertz CT molecular complexity index is 1250. The molecule has 34 heavy (non-hydrogen) atoms. The molecule has 174 valence electrons. The third-order valence-electron chi connectivity index (χ3n) is 7.16. The quantitative estimate of drug-likeness (QED) is 0.501. The molecular formula is C23H23N7O4. The molecule has 1 aromatic carbocycles. The number of ether oxygens (including phenoxy) is 1. The van der Waals surface area contributed by atoms with Gasteiger partial charge in [-0.15, -0.1) is 5.10 Å². The Labute approximate surface area is 194 Å². The number of cyclic esters (lactones) is 1. The van der Waals surface area contributed by atoms with Gasteiger partial charge in [0.25, 0.3) is 5.91 Å². The number of aliphatic hydroxyl groups excluding tert-OH is 1. The SMILES string of the molecule is Cc1c([C@@H](O)CN2CC3C(C2)C3NC(=O)c2ccc(-n3cnnn3)cn2)ccc2c1COC2=O. The Morgan fingerprint density at radius 2 is 2.09 bits per heavy atom. The van der Waals surface area contributed by atoms with E-state index in [0.717, 1.165) is 29.8 Å². The minimum absolute atomic E-state index is 0.131. The number of piperidine rings is 1. The first-order valence-corrected chi connectivity index (χ1v) is 11.2. The largest absolute Gasteiger partial charge is 0.457 e. The molecule has 3 aliphatic rings. The van der Waals surface area contributed by atoms with Gasteiger partial charge in [-0.25, -0.2) is 9.78 Å². The van der Waals surface area contributed by atoms with Gasteiger partial charge in [-0.1, -0.05) is 6.07 Å². The Hall–Kier alpha value is -3.70. The number of rotatable bonds is 6. The van der Waals surface area contributed by atoms with Crippen molar-refractivity contribution in [3.63, 3.8) is 0 Å². The van der Waals surface area contributed by atoms with E-state index in [4.69, 9.17) is 4.74 Å². The van der Waals surface area contributed by atoms with Gasteiger partial charge in [0.2, 0.25) is 0 Å². The third-order valence-corrected chi connectivity index (χ3v) is 7.16. The van der Waals surface area contributed by atoms with Crippen LogP contribution < -0.4 is 5.32 Å². The lowest BCUT2D eigenvalue weighted by atomic mass is 9.95. The molecule has 6 rings (SSSR count). The van der Waals surface area contributed by atoms with Crippen molar-refractivity contribution in [1.82, 2.24) is 35.4 Å². The van der Waals surface area contributed by atoms with E-state index in [0.29, 0.717) is 35.3 Å². The fourth-order valence-corrected chi connectivity index (χ4v) is 5.21. The number of nitrogens with zero attached hydrogens (tertiary/aromatic N) is 6. The maximum absolute atomic E-state index is 12.6. The molecule has 1 saturated heterocycles. The number of nitrogens with one attached hydrogen (secondary N) is 1. The Morgan fingerprint density at radius 3 is 2.79 bits per heavy atom. The number of tetrazole rings is 1. The number of esters is 1. The van der Waals surface area contributed by atoms with Crippen LogP contribution in [0.1, 0.15) is 43.6 Å². The molecular weight excluding hydrogens is 438 g/mol. The van der Waals surface area contributed by atoms with E-state index in [1.54, 1.807) is 24.4 Å². The van der Waals surface area contributed by atoms with Crippen molar-refractivity contribution in [2.75, 3.05) is 19.6 Å². The standard InChI is InChI=1S/C23H23N7O4/c1-12-14(3-4-15-18(12)10-34-23(15)33)20(31)9-29-7-16-17(8-29)21(16)26-22(32)19-5-2-13(6-24-19)30-11-25-27-28-30/h2-6,11,16-17,20-21,31H,7-10H2,1H3,(H,26,32)/t16?,17?,20-,21?/m0/s1. The van der Waals surface area contributed by atoms with Gasteiger partial charge in [0.05, 0.1) is 23.6 Å². The first kappa shape index (κ1) is 20.9. The number of β-amino-alcohol motifs (C(OH)–C–C–N with tert-alkyl or cyclic N) is 1. The average molecular weight is 461 g/mol. The summed E-state index contributed by atoms with van der Waals surface area (Å²) in [5, 5.41) is 24.9. The summed E-state index contributed by atoms with van der Waals surface area (Å²) >= 11 is 0. The smallest absolute Gasteiger partial charge is 0.338 e. The van der Waals surface area contributed by atoms with Gasteiger partial charge in [0, 0.05) is 31.2 Å². The van der Waals surface area contributed by atoms with Crippen LogP contribution in [0.25, 0.3) is 5.69 Å². The monoisotopic (exact) mass is 461 g/mol. The molecule has 4 heterocycles. The highest BCUT2D eigenvalue weighted by Crippen LogP contribution is 2.46. The minimum Gasteiger partial charge on any atom is -0.457 e. The number of carbonyl (C=O) groups is 2. The predicted molar refractivity (Wildman–Crippen MR) is 117 cm³/mol. The Balaban J connectivity index is 1.02. The van der Waals surface area contributed by atoms with Crippen molar-refractivity contribution >= 4 is 11.9 Å². The number of likely N-dealkylation sites (tertiary alicyclic amines) is 1. The van der Waals surface area contributed by atoms with Gasteiger partial charge in [0.1, 0.15) is 18.6 Å². The highest BCUT2D eigenvalue weighted by Gasteiger charge is 2.56. The van der Waals surface area contributed by atoms with Crippen LogP contribution in [0.3, 0.4) is 0 Å². The lowest BCUT2D eigenvalue weighted by Crippen LogP contribution is -2.36. The Morgan fingerprint density at radius 1 is 1.26 bits per heavy atom. The minimum atomic E-state index is -0.644. The molecule has 1 saturated carbocycles. The number of amides is 1. The van der Waals surface area contributed by atoms with Gasteiger partial charge in [-0.3, -0.25) is 9.69 Å². The molecule has 2 N–H and O–H groups in total. The van der Waals surface area contributed by atoms with Crippen molar-refractivity contribution in [2.45, 2.75) is 25.7 Å². The highest BCUT2D eigenvalue weighted by molar-refractivity contribution is 5.94. The summed E-state index contributed by atoms with van der Waals surface area (Å²) in [6.45, 7) is 4.36. The molecule has 11 heteroatoms. The zero-order chi connectivity index (χ0) is 23.4. The van der Waals surface area contributed by atoms with E-state index in [9.17, 15) is 14.7 Å². The topological polar surface area (TPSA) is 135 Å². The summed E-state index contributed by atoms with van der Waals surface area (Å²) in [4.78, 5) is 30.8. The fourth-order valence-electron chi connectivity index (χ4n) is 5.21. The van der Waals surface area contributed by atoms with Crippen molar-refractivity contribution in [2.24, 2.45) is 11.8 Å². The maximum Gasteiger partial charge on any atom is 0.338 e. The first-order chi connectivity index (χ1) is 16.5. The summed E-state index contributed by atoms with van der Waals surface area (Å²) in [6.07, 6.45) is 2.38. The van der Waals surface area contributed by atoms with Gasteiger partial charge >= 0.3 is 5.97 Å². The van der Waals surface area contributed by atoms with Gasteiger partial charge in [-0.05, 0) is 58.5 Å². The van der Waals surface area contributed by atoms with E-state index in [1.807, 2.05) is 13.0 Å². The predicted octanol–water partition coefficient (Wildman–Crippen LogP) is 0.430. The summed E-state index contributed by atoms with van der Waals surface area (Å²) in [5.74, 6) is 0.262.